The summed E-state index contributed by atoms with van der Waals surface area (Å²) in [4.78, 5) is 17.3. The van der Waals surface area contributed by atoms with E-state index in [9.17, 15) is 4.79 Å². The third kappa shape index (κ3) is 2.17. The number of hydrogen-bond acceptors (Lipinski definition) is 3. The first kappa shape index (κ1) is 13.6. The third-order valence-electron chi connectivity index (χ3n) is 3.34. The zero-order valence-electron chi connectivity index (χ0n) is 11.6. The second-order valence-corrected chi connectivity index (χ2v) is 5.01. The molecule has 21 heavy (non-hydrogen) atoms. The first-order valence-electron chi connectivity index (χ1n) is 6.44. The summed E-state index contributed by atoms with van der Waals surface area (Å²) in [5.41, 5.74) is 1.04. The van der Waals surface area contributed by atoms with Crippen molar-refractivity contribution in [3.8, 4) is 11.4 Å². The van der Waals surface area contributed by atoms with Gasteiger partial charge in [-0.3, -0.25) is 9.36 Å². The maximum Gasteiger partial charge on any atom is 0.267 e. The molecule has 0 atom stereocenters. The third-order valence-corrected chi connectivity index (χ3v) is 3.66. The molecule has 106 valence electrons. The average molecular weight is 301 g/mol. The molecule has 1 heterocycles. The van der Waals surface area contributed by atoms with Crippen molar-refractivity contribution in [1.29, 1.82) is 0 Å². The van der Waals surface area contributed by atoms with Crippen molar-refractivity contribution in [2.24, 2.45) is 0 Å². The Bertz CT molecular complexity index is 887. The van der Waals surface area contributed by atoms with Crippen LogP contribution in [0.25, 0.3) is 16.6 Å². The number of para-hydroxylation sites is 2. The van der Waals surface area contributed by atoms with Crippen molar-refractivity contribution in [1.82, 2.24) is 9.55 Å². The molecule has 0 saturated heterocycles. The lowest BCUT2D eigenvalue weighted by Crippen LogP contribution is -2.23. The molecule has 0 fully saturated rings. The molecule has 5 heteroatoms. The van der Waals surface area contributed by atoms with Crippen molar-refractivity contribution in [3.63, 3.8) is 0 Å². The molecule has 0 bridgehead atoms. The zero-order chi connectivity index (χ0) is 15.0. The van der Waals surface area contributed by atoms with E-state index in [-0.39, 0.29) is 5.56 Å². The summed E-state index contributed by atoms with van der Waals surface area (Å²) in [5.74, 6) is 1.19. The second-order valence-electron chi connectivity index (χ2n) is 4.61. The van der Waals surface area contributed by atoms with Crippen LogP contribution in [0.2, 0.25) is 5.02 Å². The van der Waals surface area contributed by atoms with Gasteiger partial charge in [-0.25, -0.2) is 4.98 Å². The monoisotopic (exact) mass is 300 g/mol. The van der Waals surface area contributed by atoms with Gasteiger partial charge in [0.05, 0.1) is 28.7 Å². The van der Waals surface area contributed by atoms with Crippen LogP contribution in [0.3, 0.4) is 0 Å². The lowest BCUT2D eigenvalue weighted by molar-refractivity contribution is 0.412. The quantitative estimate of drug-likeness (QED) is 0.729. The highest BCUT2D eigenvalue weighted by Crippen LogP contribution is 2.24. The SMILES string of the molecule is COc1ccccc1-n1c(C)nc2cccc(Cl)c2c1=O. The average Bonchev–Trinajstić information content (AvgIpc) is 2.47. The number of rotatable bonds is 2. The van der Waals surface area contributed by atoms with Gasteiger partial charge in [-0.15, -0.1) is 0 Å². The van der Waals surface area contributed by atoms with Gasteiger partial charge in [0, 0.05) is 0 Å². The predicted molar refractivity (Wildman–Crippen MR) is 83.6 cm³/mol. The Morgan fingerprint density at radius 1 is 1.14 bits per heavy atom. The first-order valence-corrected chi connectivity index (χ1v) is 6.82. The van der Waals surface area contributed by atoms with Gasteiger partial charge in [-0.2, -0.15) is 0 Å². The smallest absolute Gasteiger partial charge is 0.267 e. The number of benzene rings is 2. The van der Waals surface area contributed by atoms with Gasteiger partial charge in [-0.1, -0.05) is 29.8 Å². The van der Waals surface area contributed by atoms with Crippen molar-refractivity contribution in [3.05, 3.63) is 63.7 Å². The van der Waals surface area contributed by atoms with Crippen molar-refractivity contribution < 1.29 is 4.74 Å². The molecular weight excluding hydrogens is 288 g/mol. The Hall–Kier alpha value is -2.33. The molecule has 0 aliphatic heterocycles. The summed E-state index contributed by atoms with van der Waals surface area (Å²) < 4.78 is 6.85. The summed E-state index contributed by atoms with van der Waals surface area (Å²) >= 11 is 6.16. The van der Waals surface area contributed by atoms with E-state index in [1.54, 1.807) is 38.3 Å². The Morgan fingerprint density at radius 2 is 1.90 bits per heavy atom. The van der Waals surface area contributed by atoms with Gasteiger partial charge in [-0.05, 0) is 31.2 Å². The Kier molecular flexibility index (Phi) is 3.39. The van der Waals surface area contributed by atoms with Crippen molar-refractivity contribution >= 4 is 22.5 Å². The zero-order valence-corrected chi connectivity index (χ0v) is 12.4. The van der Waals surface area contributed by atoms with E-state index in [4.69, 9.17) is 16.3 Å². The summed E-state index contributed by atoms with van der Waals surface area (Å²) in [6, 6.07) is 12.6. The van der Waals surface area contributed by atoms with Gasteiger partial charge in [0.2, 0.25) is 0 Å². The minimum absolute atomic E-state index is 0.201. The molecule has 1 aromatic heterocycles. The highest BCUT2D eigenvalue weighted by Gasteiger charge is 2.14. The molecule has 3 aromatic rings. The lowest BCUT2D eigenvalue weighted by Gasteiger charge is -2.14. The number of aryl methyl sites for hydroxylation is 1. The highest BCUT2D eigenvalue weighted by molar-refractivity contribution is 6.35. The molecule has 0 amide bonds. The fraction of sp³-hybridized carbons (Fsp3) is 0.125. The number of nitrogens with zero attached hydrogens (tertiary/aromatic N) is 2. The van der Waals surface area contributed by atoms with Crippen LogP contribution in [0.4, 0.5) is 0 Å². The molecule has 0 aliphatic rings. The number of fused-ring (bicyclic) bond motifs is 1. The van der Waals surface area contributed by atoms with Gasteiger partial charge in [0.15, 0.2) is 0 Å². The standard InChI is InChI=1S/C16H13ClN2O2/c1-10-18-12-7-5-6-11(17)15(12)16(20)19(10)13-8-3-4-9-14(13)21-2/h3-9H,1-2H3. The highest BCUT2D eigenvalue weighted by atomic mass is 35.5. The minimum Gasteiger partial charge on any atom is -0.495 e. The van der Waals surface area contributed by atoms with Crippen LogP contribution in [-0.2, 0) is 0 Å². The van der Waals surface area contributed by atoms with Crippen LogP contribution >= 0.6 is 11.6 Å². The molecule has 0 unspecified atom stereocenters. The molecule has 2 aromatic carbocycles. The van der Waals surface area contributed by atoms with E-state index >= 15 is 0 Å². The Labute approximate surface area is 126 Å². The summed E-state index contributed by atoms with van der Waals surface area (Å²) in [6.45, 7) is 1.79. The van der Waals surface area contributed by atoms with E-state index < -0.39 is 0 Å². The molecule has 0 radical (unpaired) electrons. The summed E-state index contributed by atoms with van der Waals surface area (Å²) in [6.07, 6.45) is 0. The normalized spacial score (nSPS) is 10.8. The first-order chi connectivity index (χ1) is 10.1. The van der Waals surface area contributed by atoms with Crippen LogP contribution in [-0.4, -0.2) is 16.7 Å². The van der Waals surface area contributed by atoms with Gasteiger partial charge >= 0.3 is 0 Å². The van der Waals surface area contributed by atoms with Crippen LogP contribution < -0.4 is 10.3 Å². The van der Waals surface area contributed by atoms with Gasteiger partial charge in [0.25, 0.3) is 5.56 Å². The van der Waals surface area contributed by atoms with E-state index in [2.05, 4.69) is 4.98 Å². The summed E-state index contributed by atoms with van der Waals surface area (Å²) in [7, 11) is 1.57. The van der Waals surface area contributed by atoms with Crippen molar-refractivity contribution in [2.75, 3.05) is 7.11 Å². The van der Waals surface area contributed by atoms with Crippen LogP contribution in [0.5, 0.6) is 5.75 Å². The Balaban J connectivity index is 2.44. The fourth-order valence-corrected chi connectivity index (χ4v) is 2.65. The van der Waals surface area contributed by atoms with Gasteiger partial charge in [0.1, 0.15) is 11.6 Å². The largest absolute Gasteiger partial charge is 0.495 e. The van der Waals surface area contributed by atoms with E-state index in [0.717, 1.165) is 0 Å². The minimum atomic E-state index is -0.201. The number of aromatic nitrogens is 2. The van der Waals surface area contributed by atoms with E-state index in [0.29, 0.717) is 33.2 Å². The Morgan fingerprint density at radius 3 is 2.67 bits per heavy atom. The number of hydrogen-bond donors (Lipinski definition) is 0. The maximum absolute atomic E-state index is 12.8. The van der Waals surface area contributed by atoms with Gasteiger partial charge < -0.3 is 4.74 Å². The molecular formula is C16H13ClN2O2. The van der Waals surface area contributed by atoms with Crippen molar-refractivity contribution in [2.45, 2.75) is 6.92 Å². The molecule has 0 spiro atoms. The molecule has 0 N–H and O–H groups in total. The molecule has 0 saturated carbocycles. The maximum atomic E-state index is 12.8. The topological polar surface area (TPSA) is 44.1 Å². The fourth-order valence-electron chi connectivity index (χ4n) is 2.40. The molecule has 0 aliphatic carbocycles. The predicted octanol–water partition coefficient (Wildman–Crippen LogP) is 3.36. The number of ether oxygens (including phenoxy) is 1. The van der Waals surface area contributed by atoms with Crippen LogP contribution in [0.1, 0.15) is 5.82 Å². The lowest BCUT2D eigenvalue weighted by atomic mass is 10.2. The molecule has 3 rings (SSSR count). The van der Waals surface area contributed by atoms with Crippen LogP contribution in [0.15, 0.2) is 47.3 Å². The van der Waals surface area contributed by atoms with Crippen LogP contribution in [0, 0.1) is 6.92 Å². The van der Waals surface area contributed by atoms with E-state index in [1.165, 1.54) is 4.57 Å². The summed E-state index contributed by atoms with van der Waals surface area (Å²) in [5, 5.41) is 0.810. The number of methoxy groups -OCH3 is 1. The molecule has 4 nitrogen and oxygen atoms in total. The second kappa shape index (κ2) is 5.22. The number of halogens is 1. The van der Waals surface area contributed by atoms with E-state index in [1.807, 2.05) is 18.2 Å².